The van der Waals surface area contributed by atoms with E-state index in [4.69, 9.17) is 4.74 Å². The second kappa shape index (κ2) is 7.30. The number of ether oxygens (including phenoxy) is 1. The molecule has 140 valence electrons. The van der Waals surface area contributed by atoms with Crippen LogP contribution in [0.3, 0.4) is 0 Å². The van der Waals surface area contributed by atoms with Crippen molar-refractivity contribution in [1.29, 1.82) is 0 Å². The molecule has 3 aromatic rings. The summed E-state index contributed by atoms with van der Waals surface area (Å²) in [6, 6.07) is 30.7. The van der Waals surface area contributed by atoms with E-state index in [0.29, 0.717) is 0 Å². The van der Waals surface area contributed by atoms with E-state index >= 15 is 0 Å². The van der Waals surface area contributed by atoms with Gasteiger partial charge in [-0.1, -0.05) is 91.0 Å². The van der Waals surface area contributed by atoms with Crippen molar-refractivity contribution in [1.82, 2.24) is 0 Å². The molecule has 2 heteroatoms. The average molecular weight is 360 g/mol. The summed E-state index contributed by atoms with van der Waals surface area (Å²) in [5.41, 5.74) is 0.400. The molecule has 3 aromatic carbocycles. The second-order valence-electron chi connectivity index (χ2n) is 7.95. The van der Waals surface area contributed by atoms with E-state index in [2.05, 4.69) is 36.4 Å². The van der Waals surface area contributed by atoms with Gasteiger partial charge in [-0.2, -0.15) is 0 Å². The van der Waals surface area contributed by atoms with Gasteiger partial charge in [0.2, 0.25) is 0 Å². The second-order valence-corrected chi connectivity index (χ2v) is 7.95. The number of benzene rings is 3. The van der Waals surface area contributed by atoms with Crippen LogP contribution in [0.25, 0.3) is 0 Å². The first-order valence-corrected chi connectivity index (χ1v) is 9.36. The minimum absolute atomic E-state index is 0.811. The van der Waals surface area contributed by atoms with Gasteiger partial charge in [-0.25, -0.2) is 0 Å². The zero-order valence-corrected chi connectivity index (χ0v) is 16.5. The predicted octanol–water partition coefficient (Wildman–Crippen LogP) is 5.54. The Hall–Kier alpha value is -2.42. The van der Waals surface area contributed by atoms with Crippen LogP contribution in [0.4, 0.5) is 0 Å². The Balaban J connectivity index is 2.33. The van der Waals surface area contributed by atoms with Crippen molar-refractivity contribution < 1.29 is 9.84 Å². The molecule has 0 unspecified atom stereocenters. The van der Waals surface area contributed by atoms with E-state index in [9.17, 15) is 5.11 Å². The van der Waals surface area contributed by atoms with Crippen molar-refractivity contribution in [2.45, 2.75) is 44.5 Å². The normalized spacial score (nSPS) is 12.8. The summed E-state index contributed by atoms with van der Waals surface area (Å²) < 4.78 is 6.90. The summed E-state index contributed by atoms with van der Waals surface area (Å²) in [5.74, 6) is 0. The van der Waals surface area contributed by atoms with Gasteiger partial charge in [-0.05, 0) is 44.4 Å². The first-order chi connectivity index (χ1) is 12.8. The zero-order valence-electron chi connectivity index (χ0n) is 16.5. The van der Waals surface area contributed by atoms with E-state index in [1.165, 1.54) is 0 Å². The Bertz CT molecular complexity index is 750. The average Bonchev–Trinajstić information content (AvgIpc) is 2.67. The molecule has 0 heterocycles. The predicted molar refractivity (Wildman–Crippen MR) is 111 cm³/mol. The summed E-state index contributed by atoms with van der Waals surface area (Å²) in [7, 11) is 0. The molecule has 0 spiro atoms. The molecule has 2 nitrogen and oxygen atoms in total. The molecule has 0 aromatic heterocycles. The molecule has 0 saturated heterocycles. The van der Waals surface area contributed by atoms with Gasteiger partial charge in [0.25, 0.3) is 0 Å². The van der Waals surface area contributed by atoms with Crippen LogP contribution in [-0.2, 0) is 10.3 Å². The van der Waals surface area contributed by atoms with Crippen LogP contribution in [0, 0.1) is 0 Å². The van der Waals surface area contributed by atoms with Gasteiger partial charge in [0.15, 0.2) is 0 Å². The molecule has 1 N–H and O–H groups in total. The van der Waals surface area contributed by atoms with Crippen LogP contribution in [0.1, 0.15) is 44.4 Å². The highest BCUT2D eigenvalue weighted by Gasteiger charge is 2.47. The highest BCUT2D eigenvalue weighted by molar-refractivity contribution is 5.47. The summed E-state index contributed by atoms with van der Waals surface area (Å²) in [4.78, 5) is 0. The fourth-order valence-corrected chi connectivity index (χ4v) is 3.20. The van der Waals surface area contributed by atoms with Crippen molar-refractivity contribution in [3.8, 4) is 0 Å². The molecule has 0 atom stereocenters. The summed E-state index contributed by atoms with van der Waals surface area (Å²) in [6.45, 7) is 7.46. The molecule has 27 heavy (non-hydrogen) atoms. The molecule has 0 radical (unpaired) electrons. The molecule has 0 aliphatic carbocycles. The molecule has 3 rings (SSSR count). The van der Waals surface area contributed by atoms with Gasteiger partial charge in [0.05, 0.1) is 11.2 Å². The SMILES string of the molecule is CC(C)(O)C(C)(C)OC(c1ccccc1)(c1ccccc1)c1ccccc1. The van der Waals surface area contributed by atoms with Crippen molar-refractivity contribution in [3.63, 3.8) is 0 Å². The van der Waals surface area contributed by atoms with Gasteiger partial charge in [0, 0.05) is 0 Å². The maximum atomic E-state index is 10.8. The fraction of sp³-hybridized carbons (Fsp3) is 0.280. The molecule has 0 saturated carbocycles. The fourth-order valence-electron chi connectivity index (χ4n) is 3.20. The van der Waals surface area contributed by atoms with Crippen LogP contribution < -0.4 is 0 Å². The molecule has 0 bridgehead atoms. The van der Waals surface area contributed by atoms with Gasteiger partial charge >= 0.3 is 0 Å². The van der Waals surface area contributed by atoms with E-state index in [-0.39, 0.29) is 0 Å². The number of aliphatic hydroxyl groups is 1. The quantitative estimate of drug-likeness (QED) is 0.585. The maximum absolute atomic E-state index is 10.8. The Morgan fingerprint density at radius 3 is 1.11 bits per heavy atom. The molecule has 0 fully saturated rings. The smallest absolute Gasteiger partial charge is 0.144 e. The van der Waals surface area contributed by atoms with Crippen LogP contribution in [0.5, 0.6) is 0 Å². The Labute approximate surface area is 162 Å². The van der Waals surface area contributed by atoms with E-state index in [1.807, 2.05) is 68.4 Å². The minimum Gasteiger partial charge on any atom is -0.387 e. The zero-order chi connectivity index (χ0) is 19.5. The monoisotopic (exact) mass is 360 g/mol. The summed E-state index contributed by atoms with van der Waals surface area (Å²) >= 11 is 0. The largest absolute Gasteiger partial charge is 0.387 e. The summed E-state index contributed by atoms with van der Waals surface area (Å²) in [6.07, 6.45) is 0. The van der Waals surface area contributed by atoms with E-state index in [0.717, 1.165) is 16.7 Å². The van der Waals surface area contributed by atoms with E-state index in [1.54, 1.807) is 13.8 Å². The maximum Gasteiger partial charge on any atom is 0.144 e. The van der Waals surface area contributed by atoms with Crippen molar-refractivity contribution in [2.75, 3.05) is 0 Å². The number of rotatable bonds is 6. The standard InChI is InChI=1S/C25H28O2/c1-23(2,26)24(3,4)27-25(20-14-8-5-9-15-20,21-16-10-6-11-17-21)22-18-12-7-13-19-22/h5-19,26H,1-4H3. The van der Waals surface area contributed by atoms with Crippen LogP contribution in [0.15, 0.2) is 91.0 Å². The van der Waals surface area contributed by atoms with Gasteiger partial charge in [-0.15, -0.1) is 0 Å². The first-order valence-electron chi connectivity index (χ1n) is 9.36. The highest BCUT2D eigenvalue weighted by atomic mass is 16.5. The molecule has 0 amide bonds. The minimum atomic E-state index is -1.03. The first kappa shape index (κ1) is 19.3. The van der Waals surface area contributed by atoms with Crippen molar-refractivity contribution in [2.24, 2.45) is 0 Å². The number of hydrogen-bond acceptors (Lipinski definition) is 2. The third kappa shape index (κ3) is 3.69. The Morgan fingerprint density at radius 1 is 0.556 bits per heavy atom. The molecular weight excluding hydrogens is 332 g/mol. The lowest BCUT2D eigenvalue weighted by atomic mass is 9.78. The lowest BCUT2D eigenvalue weighted by Gasteiger charge is -2.47. The number of hydrogen-bond donors (Lipinski definition) is 1. The Morgan fingerprint density at radius 2 is 0.852 bits per heavy atom. The molecular formula is C25H28O2. The molecule has 0 aliphatic heterocycles. The third-order valence-electron chi connectivity index (χ3n) is 5.42. The lowest BCUT2D eigenvalue weighted by molar-refractivity contribution is -0.192. The van der Waals surface area contributed by atoms with E-state index < -0.39 is 16.8 Å². The van der Waals surface area contributed by atoms with Crippen LogP contribution in [0.2, 0.25) is 0 Å². The molecule has 0 aliphatic rings. The van der Waals surface area contributed by atoms with Crippen molar-refractivity contribution >= 4 is 0 Å². The van der Waals surface area contributed by atoms with Crippen molar-refractivity contribution in [3.05, 3.63) is 108 Å². The van der Waals surface area contributed by atoms with Crippen LogP contribution in [-0.4, -0.2) is 16.3 Å². The van der Waals surface area contributed by atoms with Gasteiger partial charge < -0.3 is 9.84 Å². The van der Waals surface area contributed by atoms with Gasteiger partial charge in [-0.3, -0.25) is 0 Å². The summed E-state index contributed by atoms with van der Waals surface area (Å²) in [5, 5.41) is 10.8. The Kier molecular flexibility index (Phi) is 5.23. The highest BCUT2D eigenvalue weighted by Crippen LogP contribution is 2.45. The topological polar surface area (TPSA) is 29.5 Å². The lowest BCUT2D eigenvalue weighted by Crippen LogP contribution is -2.53. The van der Waals surface area contributed by atoms with Crippen LogP contribution >= 0.6 is 0 Å². The third-order valence-corrected chi connectivity index (χ3v) is 5.42. The van der Waals surface area contributed by atoms with Gasteiger partial charge in [0.1, 0.15) is 5.60 Å².